The molecule has 1 aliphatic heterocycles. The number of hydrogen-bond donors (Lipinski definition) is 0. The number of allylic oxidation sites excluding steroid dienone is 7. The van der Waals surface area contributed by atoms with Gasteiger partial charge in [0, 0.05) is 38.7 Å². The molecule has 0 spiro atoms. The van der Waals surface area contributed by atoms with E-state index in [1.807, 2.05) is 27.7 Å². The summed E-state index contributed by atoms with van der Waals surface area (Å²) in [6.07, 6.45) is 24.2. The second kappa shape index (κ2) is 23.8. The maximum Gasteiger partial charge on any atom is 0.159 e. The lowest BCUT2D eigenvalue weighted by molar-refractivity contribution is 0.310. The predicted molar refractivity (Wildman–Crippen MR) is 344 cm³/mol. The van der Waals surface area contributed by atoms with Gasteiger partial charge in [0.05, 0.1) is 22.7 Å². The molecule has 79 heavy (non-hydrogen) atoms. The van der Waals surface area contributed by atoms with Gasteiger partial charge in [0.15, 0.2) is 11.3 Å². The number of anilines is 6. The molecule has 2 aliphatic carbocycles. The zero-order chi connectivity index (χ0) is 55.4. The Labute approximate surface area is 471 Å². The van der Waals surface area contributed by atoms with Gasteiger partial charge in [-0.2, -0.15) is 0 Å². The molecule has 0 saturated heterocycles. The third-order valence-corrected chi connectivity index (χ3v) is 16.6. The summed E-state index contributed by atoms with van der Waals surface area (Å²) in [4.78, 5) is 4.92. The Bertz CT molecular complexity index is 3740. The van der Waals surface area contributed by atoms with Crippen molar-refractivity contribution in [2.24, 2.45) is 11.8 Å². The molecule has 4 nitrogen and oxygen atoms in total. The number of ether oxygens (including phenoxy) is 1. The highest BCUT2D eigenvalue weighted by atomic mass is 16.5. The van der Waals surface area contributed by atoms with E-state index in [1.165, 1.54) is 92.3 Å². The first kappa shape index (κ1) is 54.8. The van der Waals surface area contributed by atoms with Crippen molar-refractivity contribution in [2.75, 3.05) is 16.4 Å². The standard InChI is InChI=1S/C71H70N2O2.2C2H6/c1-8-24-48(9-2)55-33-19-20-34-56-57-36-23-38-63(70(57)75-68(55)56)73(52-31-17-12-18-32-52)65-44-61(71(5,6)7)58-40-42-59-64(43-47(4)53-39-41-60(65)67(58)66(53)59)72(51-29-15-11-16-30-51)62-37-22-35-54-46(3)25-21-28-50(45-74-69(54)62)49-26-13-10-14-27-49;2*1-2/h11-12,15-18,20-23,25,28-44,48-49H,3,8-10,13-14,19,24,26-27,45H2,1-2,4-7H3;2*1-2H3/b25-21-,50-28+;;. The lowest BCUT2D eigenvalue weighted by atomic mass is 9.80. The average molecular weight is 1040 g/mol. The van der Waals surface area contributed by atoms with Gasteiger partial charge in [0.2, 0.25) is 0 Å². The van der Waals surface area contributed by atoms with Crippen molar-refractivity contribution in [2.45, 2.75) is 132 Å². The fourth-order valence-electron chi connectivity index (χ4n) is 12.9. The van der Waals surface area contributed by atoms with Crippen molar-refractivity contribution in [3.05, 3.63) is 204 Å². The number of furan rings is 1. The molecule has 12 rings (SSSR count). The van der Waals surface area contributed by atoms with E-state index in [2.05, 4.69) is 228 Å². The van der Waals surface area contributed by atoms with Gasteiger partial charge in [-0.3, -0.25) is 0 Å². The third kappa shape index (κ3) is 10.2. The van der Waals surface area contributed by atoms with E-state index < -0.39 is 0 Å². The highest BCUT2D eigenvalue weighted by molar-refractivity contribution is 6.29. The third-order valence-electron chi connectivity index (χ3n) is 16.6. The zero-order valence-electron chi connectivity index (χ0n) is 48.8. The predicted octanol–water partition coefficient (Wildman–Crippen LogP) is 23.0. The molecular formula is C75H82N2O2. The van der Waals surface area contributed by atoms with E-state index in [4.69, 9.17) is 9.15 Å². The quantitative estimate of drug-likeness (QED) is 0.121. The molecule has 1 atom stereocenters. The van der Waals surface area contributed by atoms with E-state index in [0.717, 1.165) is 93.4 Å². The Hall–Kier alpha value is -7.56. The molecule has 0 N–H and O–H groups in total. The minimum absolute atomic E-state index is 0.196. The lowest BCUT2D eigenvalue weighted by Crippen LogP contribution is -2.17. The number of hydrogen-bond acceptors (Lipinski definition) is 4. The van der Waals surface area contributed by atoms with E-state index in [0.29, 0.717) is 18.4 Å². The zero-order valence-corrected chi connectivity index (χ0v) is 48.8. The van der Waals surface area contributed by atoms with E-state index in [9.17, 15) is 0 Å². The summed E-state index contributed by atoms with van der Waals surface area (Å²) in [5, 5.41) is 8.57. The van der Waals surface area contributed by atoms with Crippen molar-refractivity contribution >= 4 is 94.6 Å². The van der Waals surface area contributed by atoms with Crippen LogP contribution in [-0.4, -0.2) is 6.61 Å². The smallest absolute Gasteiger partial charge is 0.159 e. The van der Waals surface area contributed by atoms with Gasteiger partial charge in [-0.25, -0.2) is 0 Å². The van der Waals surface area contributed by atoms with Crippen LogP contribution in [0.1, 0.15) is 148 Å². The van der Waals surface area contributed by atoms with Gasteiger partial charge in [-0.15, -0.1) is 0 Å². The fraction of sp³-hybridized carbons (Fsp3) is 0.307. The highest BCUT2D eigenvalue weighted by Crippen LogP contribution is 2.54. The molecule has 8 aromatic carbocycles. The van der Waals surface area contributed by atoms with Crippen LogP contribution in [0.25, 0.3) is 60.5 Å². The lowest BCUT2D eigenvalue weighted by Gasteiger charge is -2.33. The number of fused-ring (bicyclic) bond motifs is 4. The molecule has 404 valence electrons. The second-order valence-electron chi connectivity index (χ2n) is 22.4. The fourth-order valence-corrected chi connectivity index (χ4v) is 12.9. The molecule has 3 aliphatic rings. The summed E-state index contributed by atoms with van der Waals surface area (Å²) in [7, 11) is 0. The Morgan fingerprint density at radius 1 is 0.646 bits per heavy atom. The number of nitrogens with zero attached hydrogens (tertiary/aromatic N) is 2. The molecule has 0 amide bonds. The molecule has 1 saturated carbocycles. The molecular weight excluding hydrogens is 961 g/mol. The number of rotatable bonds is 11. The van der Waals surface area contributed by atoms with Crippen LogP contribution in [0.3, 0.4) is 0 Å². The molecule has 1 fully saturated rings. The average Bonchev–Trinajstić information content (AvgIpc) is 3.77. The Kier molecular flexibility index (Phi) is 16.5. The Balaban J connectivity index is 0.00000172. The summed E-state index contributed by atoms with van der Waals surface area (Å²) < 4.78 is 14.5. The van der Waals surface area contributed by atoms with Crippen LogP contribution in [0.5, 0.6) is 5.75 Å². The first-order valence-corrected chi connectivity index (χ1v) is 29.8. The van der Waals surface area contributed by atoms with Gasteiger partial charge in [0.25, 0.3) is 0 Å². The summed E-state index contributed by atoms with van der Waals surface area (Å²) in [5.74, 6) is 2.85. The van der Waals surface area contributed by atoms with Crippen LogP contribution < -0.4 is 14.5 Å². The molecule has 0 bridgehead atoms. The number of para-hydroxylation sites is 4. The maximum absolute atomic E-state index is 7.35. The monoisotopic (exact) mass is 1040 g/mol. The minimum atomic E-state index is -0.196. The van der Waals surface area contributed by atoms with Crippen LogP contribution in [0, 0.1) is 18.8 Å². The number of benzene rings is 8. The summed E-state index contributed by atoms with van der Waals surface area (Å²) in [6.45, 7) is 27.1. The summed E-state index contributed by atoms with van der Waals surface area (Å²) >= 11 is 0. The topological polar surface area (TPSA) is 28.9 Å². The van der Waals surface area contributed by atoms with Crippen LogP contribution in [0.15, 0.2) is 180 Å². The van der Waals surface area contributed by atoms with Crippen molar-refractivity contribution in [1.82, 2.24) is 0 Å². The molecule has 4 heteroatoms. The van der Waals surface area contributed by atoms with Gasteiger partial charge in [0.1, 0.15) is 12.4 Å². The van der Waals surface area contributed by atoms with Crippen molar-refractivity contribution in [3.63, 3.8) is 0 Å². The maximum atomic E-state index is 7.35. The van der Waals surface area contributed by atoms with Crippen molar-refractivity contribution in [1.29, 1.82) is 0 Å². The normalized spacial score (nSPS) is 16.2. The largest absolute Gasteiger partial charge is 0.486 e. The van der Waals surface area contributed by atoms with Crippen LogP contribution in [0.4, 0.5) is 34.1 Å². The highest BCUT2D eigenvalue weighted by Gasteiger charge is 2.31. The van der Waals surface area contributed by atoms with Crippen molar-refractivity contribution in [3.8, 4) is 5.75 Å². The van der Waals surface area contributed by atoms with Crippen LogP contribution >= 0.6 is 0 Å². The van der Waals surface area contributed by atoms with E-state index in [-0.39, 0.29) is 5.41 Å². The summed E-state index contributed by atoms with van der Waals surface area (Å²) in [5.41, 5.74) is 15.5. The van der Waals surface area contributed by atoms with Crippen molar-refractivity contribution < 1.29 is 9.15 Å². The van der Waals surface area contributed by atoms with Gasteiger partial charge in [-0.1, -0.05) is 216 Å². The van der Waals surface area contributed by atoms with Gasteiger partial charge >= 0.3 is 0 Å². The first-order valence-electron chi connectivity index (χ1n) is 29.8. The van der Waals surface area contributed by atoms with E-state index in [1.54, 1.807) is 0 Å². The molecule has 2 heterocycles. The molecule has 0 radical (unpaired) electrons. The van der Waals surface area contributed by atoms with Crippen LogP contribution in [0.2, 0.25) is 0 Å². The van der Waals surface area contributed by atoms with Crippen LogP contribution in [-0.2, 0) is 5.41 Å². The SMILES string of the molecule is C=C1/C=C\C=C(\C2CCCCC2)COc2c1cccc2N(c1ccccc1)c1cc(C)c2ccc3c(N(c4ccccc4)c4cccc5c6c(oc45)C(C(CC)CCC)=CCC=C6)cc(C(C)(C)C)c4ccc1c2c34.CC.CC. The van der Waals surface area contributed by atoms with E-state index >= 15 is 0 Å². The molecule has 1 unspecified atom stereocenters. The summed E-state index contributed by atoms with van der Waals surface area (Å²) in [6, 6.07) is 49.5. The Morgan fingerprint density at radius 2 is 1.27 bits per heavy atom. The first-order chi connectivity index (χ1) is 38.6. The second-order valence-corrected chi connectivity index (χ2v) is 22.4. The molecule has 1 aromatic heterocycles. The Morgan fingerprint density at radius 3 is 1.94 bits per heavy atom. The van der Waals surface area contributed by atoms with Gasteiger partial charge in [-0.05, 0) is 154 Å². The van der Waals surface area contributed by atoms with Gasteiger partial charge < -0.3 is 19.0 Å². The molecule has 9 aromatic rings. The number of aryl methyl sites for hydroxylation is 1. The minimum Gasteiger partial charge on any atom is -0.486 e.